The minimum absolute atomic E-state index is 0.0355. The largest absolute Gasteiger partial charge is 0.494 e. The molecule has 0 amide bonds. The normalized spacial score (nSPS) is 16.5. The van der Waals surface area contributed by atoms with Gasteiger partial charge in [-0.3, -0.25) is 9.69 Å². The summed E-state index contributed by atoms with van der Waals surface area (Å²) < 4.78 is 11.6. The molecule has 2 rings (SSSR count). The molecule has 1 heterocycles. The molecule has 1 atom stereocenters. The van der Waals surface area contributed by atoms with E-state index in [1.54, 1.807) is 0 Å². The lowest BCUT2D eigenvalue weighted by atomic mass is 10.1. The van der Waals surface area contributed by atoms with Gasteiger partial charge in [0.15, 0.2) is 0 Å². The van der Waals surface area contributed by atoms with Gasteiger partial charge in [-0.25, -0.2) is 0 Å². The first kappa shape index (κ1) is 16.6. The molecule has 5 heteroatoms. The molecule has 1 aliphatic heterocycles. The highest BCUT2D eigenvalue weighted by molar-refractivity contribution is 5.69. The van der Waals surface area contributed by atoms with Crippen molar-refractivity contribution < 1.29 is 19.4 Å². The van der Waals surface area contributed by atoms with E-state index >= 15 is 0 Å². The summed E-state index contributed by atoms with van der Waals surface area (Å²) in [6, 6.07) is 4.05. The molecule has 122 valence electrons. The van der Waals surface area contributed by atoms with Crippen LogP contribution in [-0.2, 0) is 17.8 Å². The number of fused-ring (bicyclic) bond motifs is 1. The maximum atomic E-state index is 11.0. The zero-order chi connectivity index (χ0) is 16.1. The Kier molecular flexibility index (Phi) is 5.66. The molecule has 0 aliphatic carbocycles. The molecular weight excluding hydrogens is 282 g/mol. The van der Waals surface area contributed by atoms with Gasteiger partial charge in [-0.15, -0.1) is 0 Å². The molecule has 5 nitrogen and oxygen atoms in total. The number of aliphatic carboxylic acids is 1. The molecule has 22 heavy (non-hydrogen) atoms. The van der Waals surface area contributed by atoms with E-state index in [1.807, 2.05) is 37.8 Å². The third kappa shape index (κ3) is 4.13. The van der Waals surface area contributed by atoms with E-state index in [9.17, 15) is 4.79 Å². The lowest BCUT2D eigenvalue weighted by molar-refractivity contribution is -0.138. The number of carboxylic acids is 1. The summed E-state index contributed by atoms with van der Waals surface area (Å²) in [5.74, 6) is 0.931. The van der Waals surface area contributed by atoms with Gasteiger partial charge < -0.3 is 14.6 Å². The van der Waals surface area contributed by atoms with Crippen LogP contribution in [0.15, 0.2) is 12.1 Å². The molecule has 0 saturated heterocycles. The highest BCUT2D eigenvalue weighted by Crippen LogP contribution is 2.35. The minimum atomic E-state index is -0.808. The molecule has 0 radical (unpaired) electrons. The van der Waals surface area contributed by atoms with Gasteiger partial charge in [0.2, 0.25) is 0 Å². The fraction of sp³-hybridized carbons (Fsp3) is 0.588. The third-order valence-electron chi connectivity index (χ3n) is 3.67. The lowest BCUT2D eigenvalue weighted by Crippen LogP contribution is -2.30. The lowest BCUT2D eigenvalue weighted by Gasteiger charge is -2.21. The number of hydrogen-bond donors (Lipinski definition) is 1. The van der Waals surface area contributed by atoms with Crippen molar-refractivity contribution in [3.63, 3.8) is 0 Å². The molecule has 1 N–H and O–H groups in total. The first-order valence-corrected chi connectivity index (χ1v) is 7.92. The first-order chi connectivity index (χ1) is 10.5. The Bertz CT molecular complexity index is 530. The summed E-state index contributed by atoms with van der Waals surface area (Å²) in [5.41, 5.74) is 2.16. The third-order valence-corrected chi connectivity index (χ3v) is 3.67. The summed E-state index contributed by atoms with van der Waals surface area (Å²) in [4.78, 5) is 12.9. The summed E-state index contributed by atoms with van der Waals surface area (Å²) in [7, 11) is 0. The number of benzene rings is 1. The Balaban J connectivity index is 2.24. The summed E-state index contributed by atoms with van der Waals surface area (Å²) in [6.45, 7) is 7.98. The maximum absolute atomic E-state index is 11.0. The van der Waals surface area contributed by atoms with Crippen LogP contribution in [0.4, 0.5) is 0 Å². The van der Waals surface area contributed by atoms with Crippen LogP contribution in [0.2, 0.25) is 0 Å². The Hall–Kier alpha value is -1.75. The van der Waals surface area contributed by atoms with Crippen molar-refractivity contribution in [1.29, 1.82) is 0 Å². The van der Waals surface area contributed by atoms with Crippen molar-refractivity contribution >= 4 is 5.97 Å². The van der Waals surface area contributed by atoms with Crippen LogP contribution in [0.25, 0.3) is 0 Å². The second-order valence-corrected chi connectivity index (χ2v) is 5.74. The van der Waals surface area contributed by atoms with E-state index in [1.165, 1.54) is 5.56 Å². The van der Waals surface area contributed by atoms with E-state index in [0.29, 0.717) is 13.2 Å². The standard InChI is InChI=1S/C17H25NO4/c1-4-6-18(11-17(19)20)10-14-9-16-13(7-12(3)22-16)8-15(14)21-5-2/h8-9,12H,4-7,10-11H2,1-3H3,(H,19,20)/t12-/m1/s1. The van der Waals surface area contributed by atoms with Crippen molar-refractivity contribution in [3.05, 3.63) is 23.3 Å². The number of rotatable bonds is 8. The van der Waals surface area contributed by atoms with Crippen molar-refractivity contribution in [2.24, 2.45) is 0 Å². The highest BCUT2D eigenvalue weighted by Gasteiger charge is 2.23. The molecular formula is C17H25NO4. The molecule has 1 aliphatic rings. The van der Waals surface area contributed by atoms with Gasteiger partial charge in [0, 0.05) is 24.1 Å². The smallest absolute Gasteiger partial charge is 0.317 e. The van der Waals surface area contributed by atoms with Crippen molar-refractivity contribution in [3.8, 4) is 11.5 Å². The average Bonchev–Trinajstić information content (AvgIpc) is 2.78. The molecule has 0 spiro atoms. The van der Waals surface area contributed by atoms with Gasteiger partial charge in [0.25, 0.3) is 0 Å². The van der Waals surface area contributed by atoms with Crippen LogP contribution in [0.1, 0.15) is 38.3 Å². The average molecular weight is 307 g/mol. The van der Waals surface area contributed by atoms with Gasteiger partial charge in [-0.1, -0.05) is 6.92 Å². The first-order valence-electron chi connectivity index (χ1n) is 7.92. The molecule has 0 bridgehead atoms. The van der Waals surface area contributed by atoms with Crippen LogP contribution in [-0.4, -0.2) is 41.8 Å². The number of hydrogen-bond acceptors (Lipinski definition) is 4. The highest BCUT2D eigenvalue weighted by atomic mass is 16.5. The van der Waals surface area contributed by atoms with Crippen molar-refractivity contribution in [2.75, 3.05) is 19.7 Å². The van der Waals surface area contributed by atoms with Gasteiger partial charge in [-0.05, 0) is 38.9 Å². The Labute approximate surface area is 131 Å². The Morgan fingerprint density at radius 2 is 2.23 bits per heavy atom. The van der Waals surface area contributed by atoms with Crippen LogP contribution < -0.4 is 9.47 Å². The van der Waals surface area contributed by atoms with Crippen molar-refractivity contribution in [2.45, 2.75) is 46.3 Å². The van der Waals surface area contributed by atoms with E-state index in [-0.39, 0.29) is 12.6 Å². The summed E-state index contributed by atoms with van der Waals surface area (Å²) >= 11 is 0. The van der Waals surface area contributed by atoms with Gasteiger partial charge >= 0.3 is 5.97 Å². The van der Waals surface area contributed by atoms with Gasteiger partial charge in [0.1, 0.15) is 17.6 Å². The number of nitrogens with zero attached hydrogens (tertiary/aromatic N) is 1. The zero-order valence-electron chi connectivity index (χ0n) is 13.6. The van der Waals surface area contributed by atoms with E-state index < -0.39 is 5.97 Å². The topological polar surface area (TPSA) is 59.0 Å². The van der Waals surface area contributed by atoms with E-state index in [4.69, 9.17) is 14.6 Å². The molecule has 1 aromatic rings. The van der Waals surface area contributed by atoms with Crippen LogP contribution >= 0.6 is 0 Å². The number of carbonyl (C=O) groups is 1. The SMILES string of the molecule is CCCN(CC(=O)O)Cc1cc2c(cc1OCC)C[C@@H](C)O2. The fourth-order valence-corrected chi connectivity index (χ4v) is 2.86. The second kappa shape index (κ2) is 7.49. The predicted octanol–water partition coefficient (Wildman–Crippen LogP) is 2.71. The zero-order valence-corrected chi connectivity index (χ0v) is 13.6. The van der Waals surface area contributed by atoms with E-state index in [0.717, 1.165) is 36.4 Å². The second-order valence-electron chi connectivity index (χ2n) is 5.74. The summed E-state index contributed by atoms with van der Waals surface area (Å²) in [6.07, 6.45) is 1.99. The minimum Gasteiger partial charge on any atom is -0.494 e. The monoisotopic (exact) mass is 307 g/mol. The molecule has 0 saturated carbocycles. The van der Waals surface area contributed by atoms with Crippen LogP contribution in [0.5, 0.6) is 11.5 Å². The fourth-order valence-electron chi connectivity index (χ4n) is 2.86. The van der Waals surface area contributed by atoms with Crippen LogP contribution in [0.3, 0.4) is 0 Å². The summed E-state index contributed by atoms with van der Waals surface area (Å²) in [5, 5.41) is 9.05. The predicted molar refractivity (Wildman–Crippen MR) is 84.6 cm³/mol. The number of ether oxygens (including phenoxy) is 2. The molecule has 0 fully saturated rings. The van der Waals surface area contributed by atoms with Crippen LogP contribution in [0, 0.1) is 0 Å². The van der Waals surface area contributed by atoms with Gasteiger partial charge in [-0.2, -0.15) is 0 Å². The molecule has 0 unspecified atom stereocenters. The van der Waals surface area contributed by atoms with E-state index in [2.05, 4.69) is 0 Å². The van der Waals surface area contributed by atoms with Crippen molar-refractivity contribution in [1.82, 2.24) is 4.90 Å². The number of carboxylic acid groups (broad SMARTS) is 1. The Morgan fingerprint density at radius 1 is 1.45 bits per heavy atom. The Morgan fingerprint density at radius 3 is 2.86 bits per heavy atom. The van der Waals surface area contributed by atoms with Gasteiger partial charge in [0.05, 0.1) is 13.2 Å². The maximum Gasteiger partial charge on any atom is 0.317 e. The molecule has 0 aromatic heterocycles. The molecule has 1 aromatic carbocycles. The quantitative estimate of drug-likeness (QED) is 0.800.